The van der Waals surface area contributed by atoms with Crippen molar-refractivity contribution in [2.75, 3.05) is 13.1 Å². The Labute approximate surface area is 146 Å². The zero-order valence-corrected chi connectivity index (χ0v) is 15.5. The van der Waals surface area contributed by atoms with Gasteiger partial charge in [-0.05, 0) is 24.3 Å². The summed E-state index contributed by atoms with van der Waals surface area (Å²) in [7, 11) is -7.37. The molecule has 0 radical (unpaired) electrons. The molecule has 122 valence electrons. The van der Waals surface area contributed by atoms with Gasteiger partial charge in [-0.3, -0.25) is 0 Å². The first-order valence-corrected chi connectivity index (χ1v) is 11.1. The van der Waals surface area contributed by atoms with Gasteiger partial charge in [-0.25, -0.2) is 26.3 Å². The van der Waals surface area contributed by atoms with E-state index in [1.807, 2.05) is 0 Å². The lowest BCUT2D eigenvalue weighted by molar-refractivity contribution is 0.573. The molecule has 0 unspecified atom stereocenters. The molecule has 12 heteroatoms. The second-order valence-electron chi connectivity index (χ2n) is 3.91. The van der Waals surface area contributed by atoms with Crippen LogP contribution in [0.15, 0.2) is 32.7 Å². The van der Waals surface area contributed by atoms with Gasteiger partial charge in [0.15, 0.2) is 0 Å². The summed E-state index contributed by atoms with van der Waals surface area (Å²) in [5, 5.41) is 0. The number of hydrogen-bond acceptors (Lipinski definition) is 6. The molecule has 0 aliphatic carbocycles. The van der Waals surface area contributed by atoms with Crippen LogP contribution in [0.25, 0.3) is 0 Å². The molecule has 0 spiro atoms. The van der Waals surface area contributed by atoms with Gasteiger partial charge in [-0.15, -0.1) is 22.7 Å². The number of nitrogens with one attached hydrogen (secondary N) is 2. The predicted molar refractivity (Wildman–Crippen MR) is 89.0 cm³/mol. The van der Waals surface area contributed by atoms with Crippen molar-refractivity contribution in [1.82, 2.24) is 9.44 Å². The summed E-state index contributed by atoms with van der Waals surface area (Å²) < 4.78 is 53.0. The molecule has 2 N–H and O–H groups in total. The standard InChI is InChI=1S/C10H10Cl2N2O4S4/c11-7-1-3-9(19-7)21(15,16)13-5-6-14-22(17,18)10-4-2-8(12)20-10/h1-4,13-14H,5-6H2. The van der Waals surface area contributed by atoms with E-state index in [0.717, 1.165) is 22.7 Å². The molecular formula is C10H10Cl2N2O4S4. The van der Waals surface area contributed by atoms with E-state index >= 15 is 0 Å². The lowest BCUT2D eigenvalue weighted by Gasteiger charge is -2.06. The average molecular weight is 421 g/mol. The molecule has 0 aliphatic heterocycles. The molecule has 0 saturated heterocycles. The largest absolute Gasteiger partial charge is 0.250 e. The van der Waals surface area contributed by atoms with E-state index in [1.165, 1.54) is 24.3 Å². The van der Waals surface area contributed by atoms with Gasteiger partial charge in [0.2, 0.25) is 20.0 Å². The molecule has 0 aromatic carbocycles. The third-order valence-corrected chi connectivity index (χ3v) is 8.70. The molecule has 2 aromatic rings. The van der Waals surface area contributed by atoms with Crippen LogP contribution >= 0.6 is 45.9 Å². The van der Waals surface area contributed by atoms with E-state index in [-0.39, 0.29) is 21.5 Å². The molecule has 22 heavy (non-hydrogen) atoms. The second-order valence-corrected chi connectivity index (χ2v) is 11.3. The third kappa shape index (κ3) is 4.65. The summed E-state index contributed by atoms with van der Waals surface area (Å²) in [5.74, 6) is 0. The number of hydrogen-bond donors (Lipinski definition) is 2. The molecule has 0 amide bonds. The number of thiophene rings is 2. The minimum atomic E-state index is -3.69. The van der Waals surface area contributed by atoms with E-state index in [9.17, 15) is 16.8 Å². The van der Waals surface area contributed by atoms with Crippen molar-refractivity contribution in [1.29, 1.82) is 0 Å². The summed E-state index contributed by atoms with van der Waals surface area (Å²) >= 11 is 13.2. The van der Waals surface area contributed by atoms with Gasteiger partial charge < -0.3 is 0 Å². The first-order chi connectivity index (χ1) is 10.2. The Hall–Kier alpha value is -0.200. The van der Waals surface area contributed by atoms with Crippen molar-refractivity contribution < 1.29 is 16.8 Å². The number of sulfonamides is 2. The maximum absolute atomic E-state index is 11.9. The van der Waals surface area contributed by atoms with Crippen LogP contribution in [0.1, 0.15) is 0 Å². The minimum Gasteiger partial charge on any atom is -0.209 e. The maximum Gasteiger partial charge on any atom is 0.250 e. The van der Waals surface area contributed by atoms with E-state index < -0.39 is 20.0 Å². The highest BCUT2D eigenvalue weighted by Gasteiger charge is 2.18. The molecule has 0 saturated carbocycles. The van der Waals surface area contributed by atoms with E-state index in [1.54, 1.807) is 0 Å². The van der Waals surface area contributed by atoms with Crippen molar-refractivity contribution in [3.05, 3.63) is 32.9 Å². The molecule has 2 heterocycles. The first kappa shape index (κ1) is 18.1. The van der Waals surface area contributed by atoms with Gasteiger partial charge in [0.25, 0.3) is 0 Å². The number of halogens is 2. The van der Waals surface area contributed by atoms with Gasteiger partial charge in [-0.1, -0.05) is 23.2 Å². The summed E-state index contributed by atoms with van der Waals surface area (Å²) in [6.07, 6.45) is 0. The maximum atomic E-state index is 11.9. The molecule has 0 fully saturated rings. The van der Waals surface area contributed by atoms with Crippen LogP contribution in [-0.4, -0.2) is 29.9 Å². The minimum absolute atomic E-state index is 0.0744. The third-order valence-electron chi connectivity index (χ3n) is 2.34. The van der Waals surface area contributed by atoms with Gasteiger partial charge >= 0.3 is 0 Å². The fourth-order valence-corrected chi connectivity index (χ4v) is 6.52. The van der Waals surface area contributed by atoms with Crippen molar-refractivity contribution in [2.45, 2.75) is 8.42 Å². The van der Waals surface area contributed by atoms with Crippen LogP contribution in [0.5, 0.6) is 0 Å². The van der Waals surface area contributed by atoms with Gasteiger partial charge in [0.05, 0.1) is 8.67 Å². The van der Waals surface area contributed by atoms with Crippen LogP contribution < -0.4 is 9.44 Å². The highest BCUT2D eigenvalue weighted by atomic mass is 35.5. The van der Waals surface area contributed by atoms with E-state index in [0.29, 0.717) is 8.67 Å². The SMILES string of the molecule is O=S(=O)(NCCNS(=O)(=O)c1ccc(Cl)s1)c1ccc(Cl)s1. The Balaban J connectivity index is 1.89. The van der Waals surface area contributed by atoms with Crippen molar-refractivity contribution >= 4 is 65.9 Å². The molecule has 0 aliphatic rings. The van der Waals surface area contributed by atoms with Crippen LogP contribution in [-0.2, 0) is 20.0 Å². The zero-order valence-electron chi connectivity index (χ0n) is 10.7. The summed E-state index contributed by atoms with van der Waals surface area (Å²) in [4.78, 5) is 0. The monoisotopic (exact) mass is 420 g/mol. The topological polar surface area (TPSA) is 92.3 Å². The smallest absolute Gasteiger partial charge is 0.209 e. The van der Waals surface area contributed by atoms with Crippen LogP contribution in [0.2, 0.25) is 8.67 Å². The molecule has 2 rings (SSSR count). The highest BCUT2D eigenvalue weighted by molar-refractivity contribution is 7.92. The Bertz CT molecular complexity index is 785. The quantitative estimate of drug-likeness (QED) is 0.672. The Morgan fingerprint density at radius 3 is 1.41 bits per heavy atom. The predicted octanol–water partition coefficient (Wildman–Crippen LogP) is 2.37. The van der Waals surface area contributed by atoms with Crippen molar-refractivity contribution in [3.63, 3.8) is 0 Å². The van der Waals surface area contributed by atoms with E-state index in [4.69, 9.17) is 23.2 Å². The Morgan fingerprint density at radius 1 is 0.773 bits per heavy atom. The second kappa shape index (κ2) is 7.14. The lowest BCUT2D eigenvalue weighted by Crippen LogP contribution is -2.34. The van der Waals surface area contributed by atoms with Crippen LogP contribution in [0.4, 0.5) is 0 Å². The molecule has 0 atom stereocenters. The summed E-state index contributed by atoms with van der Waals surface area (Å²) in [5.41, 5.74) is 0. The van der Waals surface area contributed by atoms with Crippen molar-refractivity contribution in [2.24, 2.45) is 0 Å². The van der Waals surface area contributed by atoms with Crippen molar-refractivity contribution in [3.8, 4) is 0 Å². The van der Waals surface area contributed by atoms with Crippen LogP contribution in [0.3, 0.4) is 0 Å². The van der Waals surface area contributed by atoms with Crippen LogP contribution in [0, 0.1) is 0 Å². The van der Waals surface area contributed by atoms with Gasteiger partial charge in [-0.2, -0.15) is 0 Å². The normalized spacial score (nSPS) is 12.6. The number of rotatable bonds is 7. The fraction of sp³-hybridized carbons (Fsp3) is 0.200. The average Bonchev–Trinajstić information content (AvgIpc) is 3.04. The zero-order chi connectivity index (χ0) is 16.4. The Morgan fingerprint density at radius 2 is 1.14 bits per heavy atom. The highest BCUT2D eigenvalue weighted by Crippen LogP contribution is 2.26. The molecule has 6 nitrogen and oxygen atoms in total. The van der Waals surface area contributed by atoms with Gasteiger partial charge in [0, 0.05) is 13.1 Å². The van der Waals surface area contributed by atoms with Gasteiger partial charge in [0.1, 0.15) is 8.42 Å². The summed E-state index contributed by atoms with van der Waals surface area (Å²) in [6, 6.07) is 5.72. The molecule has 2 aromatic heterocycles. The Kier molecular flexibility index (Phi) is 5.89. The first-order valence-electron chi connectivity index (χ1n) is 5.71. The molecular weight excluding hydrogens is 411 g/mol. The lowest BCUT2D eigenvalue weighted by atomic mass is 10.7. The fourth-order valence-electron chi connectivity index (χ4n) is 1.40. The summed E-state index contributed by atoms with van der Waals surface area (Å²) in [6.45, 7) is -0.174. The van der Waals surface area contributed by atoms with E-state index in [2.05, 4.69) is 9.44 Å². The molecule has 0 bridgehead atoms.